The quantitative estimate of drug-likeness (QED) is 0.424. The number of hydrogen-bond donors (Lipinski definition) is 0. The molecule has 0 N–H and O–H groups in total. The summed E-state index contributed by atoms with van der Waals surface area (Å²) in [5, 5.41) is 0. The fourth-order valence-electron chi connectivity index (χ4n) is 2.65. The first-order valence-electron chi connectivity index (χ1n) is 8.76. The predicted octanol–water partition coefficient (Wildman–Crippen LogP) is 3.53. The number of esters is 1. The van der Waals surface area contributed by atoms with Gasteiger partial charge in [-0.1, -0.05) is 12.1 Å². The lowest BCUT2D eigenvalue weighted by molar-refractivity contribution is -0.144. The molecule has 3 rings (SSSR count). The summed E-state index contributed by atoms with van der Waals surface area (Å²) in [4.78, 5) is 23.6. The summed E-state index contributed by atoms with van der Waals surface area (Å²) in [6.07, 6.45) is 1.23. The van der Waals surface area contributed by atoms with Crippen molar-refractivity contribution < 1.29 is 23.1 Å². The third kappa shape index (κ3) is 5.20. The van der Waals surface area contributed by atoms with Gasteiger partial charge in [0.1, 0.15) is 11.6 Å². The molecule has 0 unspecified atom stereocenters. The molecule has 6 nitrogen and oxygen atoms in total. The number of oxazole rings is 1. The molecule has 1 aromatic heterocycles. The van der Waals surface area contributed by atoms with E-state index in [1.54, 1.807) is 30.3 Å². The standard InChI is InChI=1S/C20H20FNO5/c21-15-8-10-16(11-9-15)25-13-4-14-26-19(23)7-3-12-22-17-5-1-2-6-18(17)27-20(22)24/h1-2,5-6,8-11H,3-4,7,12-14H2. The van der Waals surface area contributed by atoms with Gasteiger partial charge >= 0.3 is 11.7 Å². The van der Waals surface area contributed by atoms with Crippen molar-refractivity contribution >= 4 is 17.1 Å². The molecule has 0 amide bonds. The topological polar surface area (TPSA) is 70.7 Å². The van der Waals surface area contributed by atoms with Gasteiger partial charge in [-0.2, -0.15) is 0 Å². The molecular formula is C20H20FNO5. The van der Waals surface area contributed by atoms with Gasteiger partial charge in [-0.05, 0) is 42.8 Å². The van der Waals surface area contributed by atoms with Gasteiger partial charge in [-0.15, -0.1) is 0 Å². The summed E-state index contributed by atoms with van der Waals surface area (Å²) in [7, 11) is 0. The maximum Gasteiger partial charge on any atom is 0.419 e. The number of para-hydroxylation sites is 2. The van der Waals surface area contributed by atoms with Crippen molar-refractivity contribution in [2.45, 2.75) is 25.8 Å². The number of rotatable bonds is 9. The number of carbonyl (C=O) groups excluding carboxylic acids is 1. The minimum Gasteiger partial charge on any atom is -0.493 e. The highest BCUT2D eigenvalue weighted by molar-refractivity contribution is 5.72. The monoisotopic (exact) mass is 373 g/mol. The molecule has 142 valence electrons. The van der Waals surface area contributed by atoms with Crippen LogP contribution >= 0.6 is 0 Å². The lowest BCUT2D eigenvalue weighted by Gasteiger charge is -2.07. The van der Waals surface area contributed by atoms with Crippen molar-refractivity contribution in [2.75, 3.05) is 13.2 Å². The SMILES string of the molecule is O=C(CCCn1c(=O)oc2ccccc21)OCCCOc1ccc(F)cc1. The Kier molecular flexibility index (Phi) is 6.25. The van der Waals surface area contributed by atoms with Crippen molar-refractivity contribution in [1.82, 2.24) is 4.57 Å². The van der Waals surface area contributed by atoms with E-state index in [9.17, 15) is 14.0 Å². The van der Waals surface area contributed by atoms with Crippen LogP contribution in [0, 0.1) is 5.82 Å². The smallest absolute Gasteiger partial charge is 0.419 e. The second kappa shape index (κ2) is 9.02. The fraction of sp³-hybridized carbons (Fsp3) is 0.300. The van der Waals surface area contributed by atoms with Crippen LogP contribution in [0.25, 0.3) is 11.1 Å². The summed E-state index contributed by atoms with van der Waals surface area (Å²) in [6, 6.07) is 12.9. The van der Waals surface area contributed by atoms with E-state index < -0.39 is 5.76 Å². The molecule has 0 fully saturated rings. The van der Waals surface area contributed by atoms with E-state index in [2.05, 4.69) is 0 Å². The molecule has 27 heavy (non-hydrogen) atoms. The van der Waals surface area contributed by atoms with Gasteiger partial charge in [0.25, 0.3) is 0 Å². The predicted molar refractivity (Wildman–Crippen MR) is 97.2 cm³/mol. The normalized spacial score (nSPS) is 10.9. The minimum atomic E-state index is -0.428. The van der Waals surface area contributed by atoms with E-state index >= 15 is 0 Å². The van der Waals surface area contributed by atoms with Crippen molar-refractivity contribution in [2.24, 2.45) is 0 Å². The highest BCUT2D eigenvalue weighted by Crippen LogP contribution is 2.13. The second-order valence-corrected chi connectivity index (χ2v) is 5.97. The maximum atomic E-state index is 12.8. The number of nitrogens with zero attached hydrogens (tertiary/aromatic N) is 1. The molecule has 0 radical (unpaired) electrons. The zero-order valence-electron chi connectivity index (χ0n) is 14.7. The molecule has 2 aromatic carbocycles. The van der Waals surface area contributed by atoms with E-state index in [4.69, 9.17) is 13.9 Å². The van der Waals surface area contributed by atoms with Crippen LogP contribution in [0.2, 0.25) is 0 Å². The fourth-order valence-corrected chi connectivity index (χ4v) is 2.65. The largest absolute Gasteiger partial charge is 0.493 e. The number of hydrogen-bond acceptors (Lipinski definition) is 5. The summed E-state index contributed by atoms with van der Waals surface area (Å²) in [5.41, 5.74) is 1.25. The Bertz CT molecular complexity index is 945. The molecule has 0 saturated heterocycles. The van der Waals surface area contributed by atoms with Crippen molar-refractivity contribution in [3.8, 4) is 5.75 Å². The van der Waals surface area contributed by atoms with Crippen molar-refractivity contribution in [3.63, 3.8) is 0 Å². The van der Waals surface area contributed by atoms with Gasteiger partial charge in [-0.25, -0.2) is 9.18 Å². The summed E-state index contributed by atoms with van der Waals surface area (Å²) >= 11 is 0. The van der Waals surface area contributed by atoms with Gasteiger partial charge in [0, 0.05) is 19.4 Å². The molecule has 0 spiro atoms. The van der Waals surface area contributed by atoms with Gasteiger partial charge in [0.05, 0.1) is 18.7 Å². The van der Waals surface area contributed by atoms with Crippen LogP contribution in [0.15, 0.2) is 57.7 Å². The van der Waals surface area contributed by atoms with Gasteiger partial charge < -0.3 is 13.9 Å². The number of aromatic nitrogens is 1. The average molecular weight is 373 g/mol. The molecule has 7 heteroatoms. The highest BCUT2D eigenvalue weighted by Gasteiger charge is 2.09. The highest BCUT2D eigenvalue weighted by atomic mass is 19.1. The Morgan fingerprint density at radius 1 is 1.04 bits per heavy atom. The van der Waals surface area contributed by atoms with Gasteiger partial charge in [0.2, 0.25) is 0 Å². The molecule has 0 aliphatic carbocycles. The lowest BCUT2D eigenvalue weighted by atomic mass is 10.3. The first-order valence-corrected chi connectivity index (χ1v) is 8.76. The molecule has 3 aromatic rings. The summed E-state index contributed by atoms with van der Waals surface area (Å²) < 4.78 is 30.0. The number of aryl methyl sites for hydroxylation is 1. The Morgan fingerprint density at radius 2 is 1.81 bits per heavy atom. The van der Waals surface area contributed by atoms with E-state index in [0.717, 1.165) is 0 Å². The molecule has 0 aliphatic heterocycles. The first kappa shape index (κ1) is 18.7. The molecule has 0 saturated carbocycles. The van der Waals surface area contributed by atoms with E-state index in [0.29, 0.717) is 42.8 Å². The number of benzene rings is 2. The summed E-state index contributed by atoms with van der Waals surface area (Å²) in [5.74, 6) is -0.498. The molecule has 0 bridgehead atoms. The van der Waals surface area contributed by atoms with Crippen molar-refractivity contribution in [3.05, 3.63) is 64.9 Å². The van der Waals surface area contributed by atoms with Gasteiger partial charge in [0.15, 0.2) is 5.58 Å². The number of fused-ring (bicyclic) bond motifs is 1. The van der Waals surface area contributed by atoms with Crippen LogP contribution in [0.5, 0.6) is 5.75 Å². The average Bonchev–Trinajstić information content (AvgIpc) is 2.98. The van der Waals surface area contributed by atoms with E-state index in [-0.39, 0.29) is 24.8 Å². The van der Waals surface area contributed by atoms with Crippen LogP contribution in [0.4, 0.5) is 4.39 Å². The third-order valence-electron chi connectivity index (χ3n) is 3.97. The van der Waals surface area contributed by atoms with Crippen LogP contribution < -0.4 is 10.5 Å². The Hall–Kier alpha value is -3.09. The Balaban J connectivity index is 1.33. The number of carbonyl (C=O) groups is 1. The Morgan fingerprint density at radius 3 is 2.63 bits per heavy atom. The molecule has 1 heterocycles. The minimum absolute atomic E-state index is 0.213. The first-order chi connectivity index (χ1) is 13.1. The molecule has 0 aliphatic rings. The van der Waals surface area contributed by atoms with Crippen LogP contribution in [0.1, 0.15) is 19.3 Å². The van der Waals surface area contributed by atoms with Crippen LogP contribution in [-0.4, -0.2) is 23.8 Å². The van der Waals surface area contributed by atoms with Crippen molar-refractivity contribution in [1.29, 1.82) is 0 Å². The summed E-state index contributed by atoms with van der Waals surface area (Å²) in [6.45, 7) is 1.00. The zero-order chi connectivity index (χ0) is 19.1. The van der Waals surface area contributed by atoms with E-state index in [1.807, 2.05) is 6.07 Å². The molecular weight excluding hydrogens is 353 g/mol. The van der Waals surface area contributed by atoms with Crippen LogP contribution in [-0.2, 0) is 16.1 Å². The second-order valence-electron chi connectivity index (χ2n) is 5.97. The lowest BCUT2D eigenvalue weighted by Crippen LogP contribution is -2.15. The van der Waals surface area contributed by atoms with Crippen LogP contribution in [0.3, 0.4) is 0 Å². The molecule has 0 atom stereocenters. The third-order valence-corrected chi connectivity index (χ3v) is 3.97. The number of halogens is 1. The number of ether oxygens (including phenoxy) is 2. The van der Waals surface area contributed by atoms with Gasteiger partial charge in [-0.3, -0.25) is 9.36 Å². The Labute approximate surface area is 155 Å². The maximum absolute atomic E-state index is 12.8. The van der Waals surface area contributed by atoms with E-state index in [1.165, 1.54) is 16.7 Å². The zero-order valence-corrected chi connectivity index (χ0v) is 14.7.